The van der Waals surface area contributed by atoms with Gasteiger partial charge in [-0.25, -0.2) is 4.79 Å². The minimum Gasteiger partial charge on any atom is -0.410 e. The van der Waals surface area contributed by atoms with E-state index in [-0.39, 0.29) is 0 Å². The SMILES string of the molecule is CC(C)c1ccc(OC(N)=O)cc1Cl. The lowest BCUT2D eigenvalue weighted by molar-refractivity contribution is 0.211. The molecule has 0 aromatic heterocycles. The second-order valence-corrected chi connectivity index (χ2v) is 3.67. The minimum absolute atomic E-state index is 0.338. The standard InChI is InChI=1S/C10H12ClNO2/c1-6(2)8-4-3-7(5-9(8)11)14-10(12)13/h3-6H,1-2H3,(H2,12,13). The highest BCUT2D eigenvalue weighted by Gasteiger charge is 2.07. The molecular formula is C10H12ClNO2. The summed E-state index contributed by atoms with van der Waals surface area (Å²) in [6.45, 7) is 4.08. The van der Waals surface area contributed by atoms with E-state index in [0.717, 1.165) is 5.56 Å². The summed E-state index contributed by atoms with van der Waals surface area (Å²) < 4.78 is 4.68. The molecule has 0 aliphatic carbocycles. The van der Waals surface area contributed by atoms with Crippen LogP contribution < -0.4 is 10.5 Å². The number of nitrogens with two attached hydrogens (primary N) is 1. The predicted octanol–water partition coefficient (Wildman–Crippen LogP) is 2.92. The fourth-order valence-corrected chi connectivity index (χ4v) is 1.54. The molecule has 0 unspecified atom stereocenters. The third-order valence-electron chi connectivity index (χ3n) is 1.81. The average molecular weight is 214 g/mol. The third kappa shape index (κ3) is 2.64. The van der Waals surface area contributed by atoms with E-state index in [1.165, 1.54) is 0 Å². The van der Waals surface area contributed by atoms with Gasteiger partial charge in [0, 0.05) is 5.02 Å². The van der Waals surface area contributed by atoms with Gasteiger partial charge in [-0.3, -0.25) is 0 Å². The number of benzene rings is 1. The molecule has 1 amide bonds. The Bertz CT molecular complexity index is 350. The zero-order valence-electron chi connectivity index (χ0n) is 8.08. The summed E-state index contributed by atoms with van der Waals surface area (Å²) in [5.74, 6) is 0.706. The van der Waals surface area contributed by atoms with Gasteiger partial charge in [0.15, 0.2) is 0 Å². The number of amides is 1. The molecule has 1 rings (SSSR count). The van der Waals surface area contributed by atoms with Crippen molar-refractivity contribution in [2.45, 2.75) is 19.8 Å². The van der Waals surface area contributed by atoms with Gasteiger partial charge in [0.1, 0.15) is 5.75 Å². The van der Waals surface area contributed by atoms with Crippen molar-refractivity contribution in [1.82, 2.24) is 0 Å². The Labute approximate surface area is 87.8 Å². The average Bonchev–Trinajstić information content (AvgIpc) is 2.01. The molecule has 0 heterocycles. The molecule has 1 aromatic carbocycles. The lowest BCUT2D eigenvalue weighted by Gasteiger charge is -2.09. The van der Waals surface area contributed by atoms with Crippen molar-refractivity contribution in [3.8, 4) is 5.75 Å². The summed E-state index contributed by atoms with van der Waals surface area (Å²) in [6, 6.07) is 5.08. The molecule has 0 radical (unpaired) electrons. The van der Waals surface area contributed by atoms with Gasteiger partial charge in [0.2, 0.25) is 0 Å². The fourth-order valence-electron chi connectivity index (χ4n) is 1.16. The van der Waals surface area contributed by atoms with Crippen LogP contribution in [0.25, 0.3) is 0 Å². The van der Waals surface area contributed by atoms with E-state index < -0.39 is 6.09 Å². The van der Waals surface area contributed by atoms with Crippen molar-refractivity contribution < 1.29 is 9.53 Å². The molecular weight excluding hydrogens is 202 g/mol. The van der Waals surface area contributed by atoms with E-state index in [9.17, 15) is 4.79 Å². The predicted molar refractivity (Wildman–Crippen MR) is 55.8 cm³/mol. The van der Waals surface area contributed by atoms with Crippen molar-refractivity contribution in [3.05, 3.63) is 28.8 Å². The molecule has 76 valence electrons. The summed E-state index contributed by atoms with van der Waals surface area (Å²) in [5, 5.41) is 0.582. The van der Waals surface area contributed by atoms with Crippen LogP contribution >= 0.6 is 11.6 Å². The van der Waals surface area contributed by atoms with Crippen molar-refractivity contribution in [2.24, 2.45) is 5.73 Å². The Hall–Kier alpha value is -1.22. The molecule has 4 heteroatoms. The first-order chi connectivity index (χ1) is 6.50. The summed E-state index contributed by atoms with van der Waals surface area (Å²) in [6.07, 6.45) is -0.835. The maximum atomic E-state index is 10.5. The van der Waals surface area contributed by atoms with E-state index in [1.807, 2.05) is 19.9 Å². The number of carbonyl (C=O) groups excluding carboxylic acids is 1. The molecule has 1 aromatic rings. The summed E-state index contributed by atoms with van der Waals surface area (Å²) in [5.41, 5.74) is 5.89. The minimum atomic E-state index is -0.835. The van der Waals surface area contributed by atoms with Crippen molar-refractivity contribution >= 4 is 17.7 Å². The Balaban J connectivity index is 2.94. The van der Waals surface area contributed by atoms with Crippen LogP contribution in [0.1, 0.15) is 25.3 Å². The molecule has 0 bridgehead atoms. The molecule has 2 N–H and O–H groups in total. The molecule has 0 atom stereocenters. The van der Waals surface area contributed by atoms with E-state index in [0.29, 0.717) is 16.7 Å². The molecule has 0 aliphatic rings. The summed E-state index contributed by atoms with van der Waals surface area (Å²) in [7, 11) is 0. The van der Waals surface area contributed by atoms with Crippen molar-refractivity contribution in [1.29, 1.82) is 0 Å². The van der Waals surface area contributed by atoms with Gasteiger partial charge < -0.3 is 10.5 Å². The maximum Gasteiger partial charge on any atom is 0.409 e. The highest BCUT2D eigenvalue weighted by Crippen LogP contribution is 2.27. The summed E-state index contributed by atoms with van der Waals surface area (Å²) in [4.78, 5) is 10.5. The number of hydrogen-bond acceptors (Lipinski definition) is 2. The highest BCUT2D eigenvalue weighted by molar-refractivity contribution is 6.31. The van der Waals surface area contributed by atoms with E-state index >= 15 is 0 Å². The maximum absolute atomic E-state index is 10.5. The Kier molecular flexibility index (Phi) is 3.36. The number of halogens is 1. The van der Waals surface area contributed by atoms with E-state index in [4.69, 9.17) is 17.3 Å². The van der Waals surface area contributed by atoms with Gasteiger partial charge in [0.25, 0.3) is 0 Å². The number of ether oxygens (including phenoxy) is 1. The Morgan fingerprint density at radius 1 is 1.50 bits per heavy atom. The van der Waals surface area contributed by atoms with Crippen LogP contribution in [0.4, 0.5) is 4.79 Å². The highest BCUT2D eigenvalue weighted by atomic mass is 35.5. The quantitative estimate of drug-likeness (QED) is 0.821. The van der Waals surface area contributed by atoms with Gasteiger partial charge in [-0.1, -0.05) is 31.5 Å². The zero-order chi connectivity index (χ0) is 10.7. The summed E-state index contributed by atoms with van der Waals surface area (Å²) >= 11 is 5.98. The molecule has 0 saturated carbocycles. The number of carbonyl (C=O) groups is 1. The smallest absolute Gasteiger partial charge is 0.409 e. The monoisotopic (exact) mass is 213 g/mol. The Morgan fingerprint density at radius 2 is 2.14 bits per heavy atom. The van der Waals surface area contributed by atoms with Crippen molar-refractivity contribution in [2.75, 3.05) is 0 Å². The third-order valence-corrected chi connectivity index (χ3v) is 2.14. The van der Waals surface area contributed by atoms with E-state index in [2.05, 4.69) is 4.74 Å². The normalized spacial score (nSPS) is 10.3. The first-order valence-electron chi connectivity index (χ1n) is 4.27. The van der Waals surface area contributed by atoms with Gasteiger partial charge in [-0.15, -0.1) is 0 Å². The number of hydrogen-bond donors (Lipinski definition) is 1. The van der Waals surface area contributed by atoms with Gasteiger partial charge in [-0.05, 0) is 23.6 Å². The lowest BCUT2D eigenvalue weighted by Crippen LogP contribution is -2.16. The molecule has 14 heavy (non-hydrogen) atoms. The van der Waals surface area contributed by atoms with Crippen LogP contribution in [0.5, 0.6) is 5.75 Å². The second kappa shape index (κ2) is 4.33. The first-order valence-corrected chi connectivity index (χ1v) is 4.65. The molecule has 0 aliphatic heterocycles. The van der Waals surface area contributed by atoms with Crippen molar-refractivity contribution in [3.63, 3.8) is 0 Å². The van der Waals surface area contributed by atoms with Crippen LogP contribution in [0, 0.1) is 0 Å². The zero-order valence-corrected chi connectivity index (χ0v) is 8.84. The molecule has 3 nitrogen and oxygen atoms in total. The Morgan fingerprint density at radius 3 is 2.57 bits per heavy atom. The molecule has 0 spiro atoms. The van der Waals surface area contributed by atoms with Crippen LogP contribution in [0.15, 0.2) is 18.2 Å². The number of primary amides is 1. The van der Waals surface area contributed by atoms with Crippen LogP contribution in [-0.4, -0.2) is 6.09 Å². The largest absolute Gasteiger partial charge is 0.410 e. The lowest BCUT2D eigenvalue weighted by atomic mass is 10.0. The van der Waals surface area contributed by atoms with Crippen LogP contribution in [0.2, 0.25) is 5.02 Å². The first kappa shape index (κ1) is 10.9. The fraction of sp³-hybridized carbons (Fsp3) is 0.300. The molecule has 0 fully saturated rings. The van der Waals surface area contributed by atoms with Gasteiger partial charge in [-0.2, -0.15) is 0 Å². The van der Waals surface area contributed by atoms with Crippen LogP contribution in [0.3, 0.4) is 0 Å². The molecule has 0 saturated heterocycles. The second-order valence-electron chi connectivity index (χ2n) is 3.26. The topological polar surface area (TPSA) is 52.3 Å². The van der Waals surface area contributed by atoms with Gasteiger partial charge in [0.05, 0.1) is 0 Å². The van der Waals surface area contributed by atoms with Gasteiger partial charge >= 0.3 is 6.09 Å². The number of rotatable bonds is 2. The van der Waals surface area contributed by atoms with Crippen LogP contribution in [-0.2, 0) is 0 Å². The van der Waals surface area contributed by atoms with E-state index in [1.54, 1.807) is 12.1 Å².